The molecule has 19 heavy (non-hydrogen) atoms. The first kappa shape index (κ1) is 16.0. The third-order valence-electron chi connectivity index (χ3n) is 4.09. The molecule has 0 saturated carbocycles. The van der Waals surface area contributed by atoms with E-state index < -0.39 is 5.54 Å². The van der Waals surface area contributed by atoms with Gasteiger partial charge in [0.25, 0.3) is 0 Å². The van der Waals surface area contributed by atoms with Crippen molar-refractivity contribution in [1.29, 1.82) is 0 Å². The predicted octanol–water partition coefficient (Wildman–Crippen LogP) is 0.845. The standard InChI is InChI=1S/C14H27N3O2/c1-5-14(9-8-10-15-14)13(19)16(4)11-12(18)17(6-2)7-3/h15H,5-11H2,1-4H3. The van der Waals surface area contributed by atoms with Gasteiger partial charge in [-0.3, -0.25) is 9.59 Å². The Balaban J connectivity index is 2.64. The van der Waals surface area contributed by atoms with Crippen molar-refractivity contribution >= 4 is 11.8 Å². The van der Waals surface area contributed by atoms with Crippen LogP contribution in [0.2, 0.25) is 0 Å². The van der Waals surface area contributed by atoms with Gasteiger partial charge in [0.15, 0.2) is 0 Å². The summed E-state index contributed by atoms with van der Waals surface area (Å²) in [6.45, 7) is 8.37. The Kier molecular flexibility index (Phi) is 5.79. The molecule has 110 valence electrons. The summed E-state index contributed by atoms with van der Waals surface area (Å²) in [5.41, 5.74) is -0.446. The Hall–Kier alpha value is -1.10. The summed E-state index contributed by atoms with van der Waals surface area (Å²) in [6.07, 6.45) is 2.67. The fraction of sp³-hybridized carbons (Fsp3) is 0.857. The minimum Gasteiger partial charge on any atom is -0.342 e. The summed E-state index contributed by atoms with van der Waals surface area (Å²) >= 11 is 0. The molecule has 1 N–H and O–H groups in total. The molecule has 0 aromatic heterocycles. The van der Waals surface area contributed by atoms with Gasteiger partial charge in [0.05, 0.1) is 12.1 Å². The van der Waals surface area contributed by atoms with Gasteiger partial charge >= 0.3 is 0 Å². The molecule has 2 amide bonds. The average molecular weight is 269 g/mol. The lowest BCUT2D eigenvalue weighted by Gasteiger charge is -2.32. The summed E-state index contributed by atoms with van der Waals surface area (Å²) in [5.74, 6) is 0.0677. The van der Waals surface area contributed by atoms with Crippen molar-refractivity contribution in [3.63, 3.8) is 0 Å². The molecule has 1 saturated heterocycles. The molecule has 1 fully saturated rings. The maximum atomic E-state index is 12.5. The molecule has 0 spiro atoms. The van der Waals surface area contributed by atoms with Crippen LogP contribution in [0, 0.1) is 0 Å². The Labute approximate surface area is 116 Å². The fourth-order valence-electron chi connectivity index (χ4n) is 2.76. The van der Waals surface area contributed by atoms with Gasteiger partial charge in [-0.15, -0.1) is 0 Å². The number of hydrogen-bond acceptors (Lipinski definition) is 3. The number of nitrogens with zero attached hydrogens (tertiary/aromatic N) is 2. The van der Waals surface area contributed by atoms with Crippen molar-refractivity contribution in [2.45, 2.75) is 45.6 Å². The van der Waals surface area contributed by atoms with Crippen LogP contribution in [0.4, 0.5) is 0 Å². The molecule has 1 aliphatic heterocycles. The van der Waals surface area contributed by atoms with E-state index in [1.807, 2.05) is 20.8 Å². The normalized spacial score (nSPS) is 22.3. The number of nitrogens with one attached hydrogen (secondary N) is 1. The molecule has 0 aliphatic carbocycles. The van der Waals surface area contributed by atoms with E-state index in [4.69, 9.17) is 0 Å². The van der Waals surface area contributed by atoms with E-state index in [2.05, 4.69) is 5.32 Å². The molecule has 5 nitrogen and oxygen atoms in total. The van der Waals surface area contributed by atoms with E-state index in [9.17, 15) is 9.59 Å². The number of amides is 2. The summed E-state index contributed by atoms with van der Waals surface area (Å²) in [7, 11) is 1.72. The fourth-order valence-corrected chi connectivity index (χ4v) is 2.76. The van der Waals surface area contributed by atoms with Crippen LogP contribution in [0.3, 0.4) is 0 Å². The third-order valence-corrected chi connectivity index (χ3v) is 4.09. The molecule has 1 heterocycles. The molecular weight excluding hydrogens is 242 g/mol. The van der Waals surface area contributed by atoms with Crippen LogP contribution in [0.15, 0.2) is 0 Å². The van der Waals surface area contributed by atoms with E-state index in [0.717, 1.165) is 25.8 Å². The van der Waals surface area contributed by atoms with Crippen LogP contribution < -0.4 is 5.32 Å². The highest BCUT2D eigenvalue weighted by molar-refractivity contribution is 5.90. The molecule has 1 unspecified atom stereocenters. The maximum Gasteiger partial charge on any atom is 0.243 e. The third kappa shape index (κ3) is 3.47. The predicted molar refractivity (Wildman–Crippen MR) is 75.8 cm³/mol. The Bertz CT molecular complexity index is 321. The van der Waals surface area contributed by atoms with Crippen LogP contribution in [-0.2, 0) is 9.59 Å². The quantitative estimate of drug-likeness (QED) is 0.777. The second kappa shape index (κ2) is 6.89. The van der Waals surface area contributed by atoms with Crippen molar-refractivity contribution in [2.75, 3.05) is 33.2 Å². The minimum absolute atomic E-state index is 0.0186. The second-order valence-electron chi connectivity index (χ2n) is 5.19. The Morgan fingerprint density at radius 2 is 1.84 bits per heavy atom. The highest BCUT2D eigenvalue weighted by Crippen LogP contribution is 2.25. The Morgan fingerprint density at radius 3 is 2.26 bits per heavy atom. The molecule has 1 aliphatic rings. The lowest BCUT2D eigenvalue weighted by molar-refractivity contribution is -0.143. The Morgan fingerprint density at radius 1 is 1.21 bits per heavy atom. The van der Waals surface area contributed by atoms with Gasteiger partial charge in [0.1, 0.15) is 0 Å². The van der Waals surface area contributed by atoms with Crippen LogP contribution >= 0.6 is 0 Å². The zero-order chi connectivity index (χ0) is 14.5. The van der Waals surface area contributed by atoms with Crippen LogP contribution in [0.5, 0.6) is 0 Å². The van der Waals surface area contributed by atoms with E-state index in [1.165, 1.54) is 0 Å². The molecular formula is C14H27N3O2. The van der Waals surface area contributed by atoms with Gasteiger partial charge in [0.2, 0.25) is 11.8 Å². The highest BCUT2D eigenvalue weighted by Gasteiger charge is 2.41. The lowest BCUT2D eigenvalue weighted by Crippen LogP contribution is -2.55. The average Bonchev–Trinajstić information content (AvgIpc) is 2.89. The summed E-state index contributed by atoms with van der Waals surface area (Å²) in [6, 6.07) is 0. The number of carbonyl (C=O) groups is 2. The first-order valence-corrected chi connectivity index (χ1v) is 7.29. The zero-order valence-electron chi connectivity index (χ0n) is 12.7. The van der Waals surface area contributed by atoms with E-state index in [-0.39, 0.29) is 18.4 Å². The first-order chi connectivity index (χ1) is 9.00. The van der Waals surface area contributed by atoms with Gasteiger partial charge in [-0.25, -0.2) is 0 Å². The molecule has 5 heteroatoms. The van der Waals surface area contributed by atoms with Crippen molar-refractivity contribution in [3.8, 4) is 0 Å². The molecule has 1 atom stereocenters. The van der Waals surface area contributed by atoms with E-state index in [0.29, 0.717) is 13.1 Å². The SMILES string of the molecule is CCN(CC)C(=O)CN(C)C(=O)C1(CC)CCCN1. The number of rotatable bonds is 6. The maximum absolute atomic E-state index is 12.5. The summed E-state index contributed by atoms with van der Waals surface area (Å²) in [5, 5.41) is 3.31. The van der Waals surface area contributed by atoms with Gasteiger partial charge in [0, 0.05) is 20.1 Å². The highest BCUT2D eigenvalue weighted by atomic mass is 16.2. The van der Waals surface area contributed by atoms with Gasteiger partial charge in [-0.2, -0.15) is 0 Å². The van der Waals surface area contributed by atoms with Crippen molar-refractivity contribution in [3.05, 3.63) is 0 Å². The van der Waals surface area contributed by atoms with Crippen LogP contribution in [0.1, 0.15) is 40.0 Å². The van der Waals surface area contributed by atoms with Crippen LogP contribution in [-0.4, -0.2) is 60.4 Å². The van der Waals surface area contributed by atoms with Gasteiger partial charge in [-0.05, 0) is 39.7 Å². The van der Waals surface area contributed by atoms with Crippen molar-refractivity contribution < 1.29 is 9.59 Å². The largest absolute Gasteiger partial charge is 0.342 e. The number of hydrogen-bond donors (Lipinski definition) is 1. The second-order valence-corrected chi connectivity index (χ2v) is 5.19. The number of carbonyl (C=O) groups excluding carboxylic acids is 2. The lowest BCUT2D eigenvalue weighted by atomic mass is 9.92. The molecule has 0 bridgehead atoms. The van der Waals surface area contributed by atoms with Gasteiger partial charge < -0.3 is 15.1 Å². The molecule has 1 rings (SSSR count). The summed E-state index contributed by atoms with van der Waals surface area (Å²) in [4.78, 5) is 27.9. The van der Waals surface area contributed by atoms with E-state index >= 15 is 0 Å². The smallest absolute Gasteiger partial charge is 0.243 e. The molecule has 0 aromatic rings. The topological polar surface area (TPSA) is 52.7 Å². The summed E-state index contributed by atoms with van der Waals surface area (Å²) < 4.78 is 0. The minimum atomic E-state index is -0.446. The van der Waals surface area contributed by atoms with Gasteiger partial charge in [-0.1, -0.05) is 6.92 Å². The molecule has 0 aromatic carbocycles. The van der Waals surface area contributed by atoms with Crippen LogP contribution in [0.25, 0.3) is 0 Å². The molecule has 0 radical (unpaired) electrons. The van der Waals surface area contributed by atoms with E-state index in [1.54, 1.807) is 16.8 Å². The number of likely N-dealkylation sites (N-methyl/N-ethyl adjacent to an activating group) is 2. The zero-order valence-corrected chi connectivity index (χ0v) is 12.7. The van der Waals surface area contributed by atoms with Crippen molar-refractivity contribution in [1.82, 2.24) is 15.1 Å². The first-order valence-electron chi connectivity index (χ1n) is 7.29. The van der Waals surface area contributed by atoms with Crippen molar-refractivity contribution in [2.24, 2.45) is 0 Å². The monoisotopic (exact) mass is 269 g/mol.